The van der Waals surface area contributed by atoms with Crippen molar-refractivity contribution >= 4 is 75.8 Å². The SMILES string of the molecule is c1ccc(-c2nc3c(s2)c(-c2nc(-c4ccc5ccccc5c4)nc(-c4ccc5ccccc5c4)n2)cc2oc4ccc5ccccc5c4c23)cc1. The number of benzene rings is 8. The van der Waals surface area contributed by atoms with Gasteiger partial charge in [0.05, 0.1) is 15.6 Å². The second-order valence-corrected chi connectivity index (χ2v) is 14.1. The first kappa shape index (κ1) is 29.0. The maximum Gasteiger partial charge on any atom is 0.165 e. The Labute approximate surface area is 301 Å². The fourth-order valence-electron chi connectivity index (χ4n) is 7.37. The van der Waals surface area contributed by atoms with Crippen LogP contribution in [0.1, 0.15) is 0 Å². The van der Waals surface area contributed by atoms with Crippen LogP contribution in [0.2, 0.25) is 0 Å². The Bertz CT molecular complexity index is 3100. The Balaban J connectivity index is 1.22. The Kier molecular flexibility index (Phi) is 6.35. The molecule has 11 rings (SSSR count). The first-order chi connectivity index (χ1) is 25.7. The minimum atomic E-state index is 0.571. The largest absolute Gasteiger partial charge is 0.456 e. The summed E-state index contributed by atoms with van der Waals surface area (Å²) in [5, 5.41) is 9.88. The summed E-state index contributed by atoms with van der Waals surface area (Å²) in [6, 6.07) is 54.5. The molecule has 0 N–H and O–H groups in total. The normalized spacial score (nSPS) is 11.8. The van der Waals surface area contributed by atoms with E-state index in [-0.39, 0.29) is 0 Å². The molecule has 11 aromatic rings. The second kappa shape index (κ2) is 11.4. The Morgan fingerprint density at radius 2 is 0.981 bits per heavy atom. The Morgan fingerprint density at radius 3 is 1.67 bits per heavy atom. The van der Waals surface area contributed by atoms with Gasteiger partial charge in [0.1, 0.15) is 16.2 Å². The number of hydrogen-bond donors (Lipinski definition) is 0. The summed E-state index contributed by atoms with van der Waals surface area (Å²) in [4.78, 5) is 20.9. The van der Waals surface area contributed by atoms with Gasteiger partial charge < -0.3 is 4.42 Å². The molecule has 0 saturated carbocycles. The third-order valence-electron chi connectivity index (χ3n) is 9.90. The topological polar surface area (TPSA) is 64.7 Å². The van der Waals surface area contributed by atoms with E-state index in [1.54, 1.807) is 11.3 Å². The number of nitrogens with zero attached hydrogens (tertiary/aromatic N) is 4. The molecule has 3 aromatic heterocycles. The number of aromatic nitrogens is 4. The van der Waals surface area contributed by atoms with Crippen molar-refractivity contribution < 1.29 is 4.42 Å². The highest BCUT2D eigenvalue weighted by molar-refractivity contribution is 7.22. The molecule has 0 spiro atoms. The third-order valence-corrected chi connectivity index (χ3v) is 11.0. The second-order valence-electron chi connectivity index (χ2n) is 13.1. The molecule has 0 fully saturated rings. The average Bonchev–Trinajstić information content (AvgIpc) is 3.83. The fraction of sp³-hybridized carbons (Fsp3) is 0. The molecule has 0 aliphatic heterocycles. The van der Waals surface area contributed by atoms with Crippen LogP contribution in [-0.2, 0) is 0 Å². The predicted molar refractivity (Wildman–Crippen MR) is 215 cm³/mol. The van der Waals surface area contributed by atoms with E-state index in [0.29, 0.717) is 17.5 Å². The average molecular weight is 683 g/mol. The van der Waals surface area contributed by atoms with Crippen LogP contribution in [-0.4, -0.2) is 19.9 Å². The zero-order valence-electron chi connectivity index (χ0n) is 27.6. The lowest BCUT2D eigenvalue weighted by Gasteiger charge is -2.10. The van der Waals surface area contributed by atoms with Crippen LogP contribution in [0.3, 0.4) is 0 Å². The number of rotatable bonds is 4. The predicted octanol–water partition coefficient (Wildman–Crippen LogP) is 12.5. The van der Waals surface area contributed by atoms with Crippen molar-refractivity contribution in [3.63, 3.8) is 0 Å². The lowest BCUT2D eigenvalue weighted by atomic mass is 10.0. The standard InChI is InChI=1S/C46H26N4OS/c1-2-13-30(14-3-1)46-47-41-40-38(51-37-23-22-29-12-8-9-17-35(29)39(37)40)26-36(42(41)52-46)45-49-43(33-20-18-27-10-4-6-15-31(27)24-33)48-44(50-45)34-21-19-28-11-5-7-16-32(28)25-34/h1-26H. The molecule has 8 aromatic carbocycles. The molecule has 0 atom stereocenters. The minimum Gasteiger partial charge on any atom is -0.456 e. The van der Waals surface area contributed by atoms with Gasteiger partial charge in [-0.15, -0.1) is 11.3 Å². The van der Waals surface area contributed by atoms with Crippen molar-refractivity contribution in [1.82, 2.24) is 19.9 Å². The van der Waals surface area contributed by atoms with E-state index in [9.17, 15) is 0 Å². The summed E-state index contributed by atoms with van der Waals surface area (Å²) < 4.78 is 7.67. The van der Waals surface area contributed by atoms with Gasteiger partial charge in [0.25, 0.3) is 0 Å². The molecule has 3 heterocycles. The molecule has 5 nitrogen and oxygen atoms in total. The molecule has 0 bridgehead atoms. The van der Waals surface area contributed by atoms with E-state index < -0.39 is 0 Å². The van der Waals surface area contributed by atoms with E-state index in [1.807, 2.05) is 6.07 Å². The molecule has 6 heteroatoms. The van der Waals surface area contributed by atoms with Crippen LogP contribution in [0, 0.1) is 0 Å². The Hall–Kier alpha value is -6.76. The van der Waals surface area contributed by atoms with Crippen LogP contribution in [0.15, 0.2) is 162 Å². The molecule has 52 heavy (non-hydrogen) atoms. The van der Waals surface area contributed by atoms with E-state index in [1.165, 1.54) is 0 Å². The monoisotopic (exact) mass is 682 g/mol. The van der Waals surface area contributed by atoms with Gasteiger partial charge >= 0.3 is 0 Å². The minimum absolute atomic E-state index is 0.571. The van der Waals surface area contributed by atoms with Crippen molar-refractivity contribution in [3.8, 4) is 44.7 Å². The molecule has 0 aliphatic carbocycles. The van der Waals surface area contributed by atoms with Gasteiger partial charge in [-0.1, -0.05) is 133 Å². The molecule has 242 valence electrons. The van der Waals surface area contributed by atoms with Crippen molar-refractivity contribution in [3.05, 3.63) is 158 Å². The zero-order chi connectivity index (χ0) is 34.2. The molecule has 0 saturated heterocycles. The van der Waals surface area contributed by atoms with E-state index >= 15 is 0 Å². The van der Waals surface area contributed by atoms with E-state index in [2.05, 4.69) is 152 Å². The highest BCUT2D eigenvalue weighted by Crippen LogP contribution is 2.45. The van der Waals surface area contributed by atoms with E-state index in [4.69, 9.17) is 24.4 Å². The summed E-state index contributed by atoms with van der Waals surface area (Å²) in [5.74, 6) is 1.79. The Morgan fingerprint density at radius 1 is 0.404 bits per heavy atom. The summed E-state index contributed by atoms with van der Waals surface area (Å²) in [6.07, 6.45) is 0. The quantitative estimate of drug-likeness (QED) is 0.185. The van der Waals surface area contributed by atoms with Gasteiger partial charge in [0.15, 0.2) is 17.5 Å². The van der Waals surface area contributed by atoms with Gasteiger partial charge in [0.2, 0.25) is 0 Å². The maximum absolute atomic E-state index is 6.67. The number of fused-ring (bicyclic) bond motifs is 9. The molecule has 0 radical (unpaired) electrons. The van der Waals surface area contributed by atoms with Crippen LogP contribution >= 0.6 is 11.3 Å². The van der Waals surface area contributed by atoms with Crippen LogP contribution in [0.5, 0.6) is 0 Å². The highest BCUT2D eigenvalue weighted by Gasteiger charge is 2.23. The lowest BCUT2D eigenvalue weighted by Crippen LogP contribution is -2.00. The summed E-state index contributed by atoms with van der Waals surface area (Å²) in [5.41, 5.74) is 6.22. The molecule has 0 amide bonds. The number of hydrogen-bond acceptors (Lipinski definition) is 6. The summed E-state index contributed by atoms with van der Waals surface area (Å²) in [7, 11) is 0. The smallest absolute Gasteiger partial charge is 0.165 e. The first-order valence-electron chi connectivity index (χ1n) is 17.2. The van der Waals surface area contributed by atoms with Crippen molar-refractivity contribution in [2.45, 2.75) is 0 Å². The van der Waals surface area contributed by atoms with Gasteiger partial charge in [-0.05, 0) is 56.6 Å². The molecular weight excluding hydrogens is 657 g/mol. The van der Waals surface area contributed by atoms with Crippen LogP contribution in [0.4, 0.5) is 0 Å². The number of thiazole rings is 1. The van der Waals surface area contributed by atoms with Crippen LogP contribution < -0.4 is 0 Å². The first-order valence-corrected chi connectivity index (χ1v) is 18.0. The van der Waals surface area contributed by atoms with Gasteiger partial charge in [-0.3, -0.25) is 0 Å². The third kappa shape index (κ3) is 4.62. The van der Waals surface area contributed by atoms with Gasteiger partial charge in [-0.2, -0.15) is 0 Å². The van der Waals surface area contributed by atoms with Crippen LogP contribution in [0.25, 0.3) is 109 Å². The summed E-state index contributed by atoms with van der Waals surface area (Å²) >= 11 is 1.66. The molecule has 0 aliphatic rings. The van der Waals surface area contributed by atoms with E-state index in [0.717, 1.165) is 91.7 Å². The fourth-order valence-corrected chi connectivity index (χ4v) is 8.46. The van der Waals surface area contributed by atoms with Gasteiger partial charge in [0, 0.05) is 27.6 Å². The zero-order valence-corrected chi connectivity index (χ0v) is 28.4. The maximum atomic E-state index is 6.67. The number of furan rings is 1. The van der Waals surface area contributed by atoms with Crippen molar-refractivity contribution in [2.24, 2.45) is 0 Å². The van der Waals surface area contributed by atoms with Crippen molar-refractivity contribution in [1.29, 1.82) is 0 Å². The molecular formula is C46H26N4OS. The molecule has 0 unspecified atom stereocenters. The lowest BCUT2D eigenvalue weighted by molar-refractivity contribution is 0.669. The van der Waals surface area contributed by atoms with Gasteiger partial charge in [-0.25, -0.2) is 19.9 Å². The highest BCUT2D eigenvalue weighted by atomic mass is 32.1. The summed E-state index contributed by atoms with van der Waals surface area (Å²) in [6.45, 7) is 0. The van der Waals surface area contributed by atoms with Crippen molar-refractivity contribution in [2.75, 3.05) is 0 Å².